The fourth-order valence-corrected chi connectivity index (χ4v) is 3.12. The van der Waals surface area contributed by atoms with Gasteiger partial charge in [0.05, 0.1) is 24.9 Å². The highest BCUT2D eigenvalue weighted by molar-refractivity contribution is 5.93. The molecule has 3 heterocycles. The number of aromatic amines is 1. The molecule has 6 nitrogen and oxygen atoms in total. The van der Waals surface area contributed by atoms with Crippen LogP contribution < -0.4 is 0 Å². The van der Waals surface area contributed by atoms with Crippen molar-refractivity contribution in [2.45, 2.75) is 33.7 Å². The van der Waals surface area contributed by atoms with E-state index in [4.69, 9.17) is 9.15 Å². The zero-order valence-electron chi connectivity index (χ0n) is 13.4. The Kier molecular flexibility index (Phi) is 3.78. The van der Waals surface area contributed by atoms with E-state index in [1.165, 1.54) is 0 Å². The van der Waals surface area contributed by atoms with Crippen LogP contribution in [-0.4, -0.2) is 40.8 Å². The van der Waals surface area contributed by atoms with E-state index >= 15 is 0 Å². The summed E-state index contributed by atoms with van der Waals surface area (Å²) in [7, 11) is 0. The Morgan fingerprint density at radius 1 is 1.36 bits per heavy atom. The Hall–Kier alpha value is -2.08. The number of ether oxygens (including phenoxy) is 1. The Labute approximate surface area is 129 Å². The molecule has 2 aromatic heterocycles. The summed E-state index contributed by atoms with van der Waals surface area (Å²) in [5.74, 6) is 1.09. The van der Waals surface area contributed by atoms with E-state index in [-0.39, 0.29) is 11.9 Å². The van der Waals surface area contributed by atoms with Crippen molar-refractivity contribution >= 4 is 5.91 Å². The Morgan fingerprint density at radius 2 is 2.14 bits per heavy atom. The highest BCUT2D eigenvalue weighted by Crippen LogP contribution is 2.30. The van der Waals surface area contributed by atoms with Gasteiger partial charge in [-0.2, -0.15) is 5.10 Å². The Balaban J connectivity index is 1.96. The topological polar surface area (TPSA) is 71.4 Å². The average Bonchev–Trinajstić information content (AvgIpc) is 3.00. The molecule has 1 aliphatic heterocycles. The van der Waals surface area contributed by atoms with Crippen molar-refractivity contribution in [1.82, 2.24) is 15.1 Å². The minimum absolute atomic E-state index is 0.0844. The van der Waals surface area contributed by atoms with Crippen molar-refractivity contribution in [3.8, 4) is 0 Å². The summed E-state index contributed by atoms with van der Waals surface area (Å²) in [6, 6.07) is 1.75. The number of furan rings is 1. The van der Waals surface area contributed by atoms with Crippen LogP contribution in [0.3, 0.4) is 0 Å². The van der Waals surface area contributed by atoms with Crippen LogP contribution in [0, 0.1) is 27.7 Å². The fraction of sp³-hybridized carbons (Fsp3) is 0.500. The van der Waals surface area contributed by atoms with E-state index in [1.807, 2.05) is 38.7 Å². The standard InChI is InChI=1S/C16H21N3O3/c1-9-7-10(2)22-15(9)16(20)19-5-6-21-8-13(19)14-11(3)17-18-12(14)4/h7,13H,5-6,8H2,1-4H3,(H,17,18)/t13-/m0/s1. The molecule has 6 heteroatoms. The number of carbonyl (C=O) groups excluding carboxylic acids is 1. The number of amides is 1. The summed E-state index contributed by atoms with van der Waals surface area (Å²) in [4.78, 5) is 14.7. The van der Waals surface area contributed by atoms with Crippen molar-refractivity contribution in [3.05, 3.63) is 40.1 Å². The summed E-state index contributed by atoms with van der Waals surface area (Å²) in [5.41, 5.74) is 3.78. The zero-order chi connectivity index (χ0) is 15.9. The minimum atomic E-state index is -0.134. The molecule has 0 saturated carbocycles. The van der Waals surface area contributed by atoms with Crippen LogP contribution >= 0.6 is 0 Å². The fourth-order valence-electron chi connectivity index (χ4n) is 3.12. The summed E-state index contributed by atoms with van der Waals surface area (Å²) < 4.78 is 11.2. The second-order valence-corrected chi connectivity index (χ2v) is 5.81. The lowest BCUT2D eigenvalue weighted by atomic mass is 10.0. The molecular weight excluding hydrogens is 282 g/mol. The SMILES string of the molecule is Cc1cc(C)c(C(=O)N2CCOC[C@H]2c2c(C)n[nH]c2C)o1. The van der Waals surface area contributed by atoms with Crippen LogP contribution in [0.4, 0.5) is 0 Å². The molecule has 1 aliphatic rings. The molecule has 1 saturated heterocycles. The molecule has 0 unspecified atom stereocenters. The van der Waals surface area contributed by atoms with Crippen LogP contribution in [-0.2, 0) is 4.74 Å². The number of hydrogen-bond donors (Lipinski definition) is 1. The van der Waals surface area contributed by atoms with Crippen LogP contribution in [0.25, 0.3) is 0 Å². The highest BCUT2D eigenvalue weighted by Gasteiger charge is 2.34. The third kappa shape index (κ3) is 2.43. The van der Waals surface area contributed by atoms with Gasteiger partial charge in [0.25, 0.3) is 5.91 Å². The first-order valence-electron chi connectivity index (χ1n) is 7.46. The smallest absolute Gasteiger partial charge is 0.290 e. The van der Waals surface area contributed by atoms with E-state index in [2.05, 4.69) is 10.2 Å². The zero-order valence-corrected chi connectivity index (χ0v) is 13.4. The summed E-state index contributed by atoms with van der Waals surface area (Å²) in [6.45, 7) is 9.22. The first-order chi connectivity index (χ1) is 10.5. The number of nitrogens with zero attached hydrogens (tertiary/aromatic N) is 2. The second-order valence-electron chi connectivity index (χ2n) is 5.81. The number of hydrogen-bond acceptors (Lipinski definition) is 4. The minimum Gasteiger partial charge on any atom is -0.456 e. The van der Waals surface area contributed by atoms with Gasteiger partial charge in [0.15, 0.2) is 5.76 Å². The number of rotatable bonds is 2. The number of carbonyl (C=O) groups is 1. The van der Waals surface area contributed by atoms with Crippen LogP contribution in [0.1, 0.15) is 44.9 Å². The van der Waals surface area contributed by atoms with Crippen molar-refractivity contribution < 1.29 is 13.9 Å². The Bertz CT molecular complexity index is 682. The quantitative estimate of drug-likeness (QED) is 0.925. The molecule has 0 spiro atoms. The monoisotopic (exact) mass is 303 g/mol. The van der Waals surface area contributed by atoms with Crippen LogP contribution in [0.5, 0.6) is 0 Å². The van der Waals surface area contributed by atoms with Gasteiger partial charge in [-0.1, -0.05) is 0 Å². The lowest BCUT2D eigenvalue weighted by molar-refractivity contribution is -0.00467. The summed E-state index contributed by atoms with van der Waals surface area (Å²) >= 11 is 0. The lowest BCUT2D eigenvalue weighted by Crippen LogP contribution is -2.43. The normalized spacial score (nSPS) is 18.7. The first-order valence-corrected chi connectivity index (χ1v) is 7.46. The van der Waals surface area contributed by atoms with Crippen molar-refractivity contribution in [1.29, 1.82) is 0 Å². The maximum Gasteiger partial charge on any atom is 0.290 e. The van der Waals surface area contributed by atoms with Gasteiger partial charge in [-0.05, 0) is 33.8 Å². The summed E-state index contributed by atoms with van der Waals surface area (Å²) in [6.07, 6.45) is 0. The Morgan fingerprint density at radius 3 is 2.73 bits per heavy atom. The molecule has 0 bridgehead atoms. The molecule has 3 rings (SSSR count). The van der Waals surface area contributed by atoms with Gasteiger partial charge >= 0.3 is 0 Å². The van der Waals surface area contributed by atoms with E-state index in [0.29, 0.717) is 25.5 Å². The van der Waals surface area contributed by atoms with E-state index < -0.39 is 0 Å². The second kappa shape index (κ2) is 5.61. The maximum atomic E-state index is 12.9. The first kappa shape index (κ1) is 14.8. The predicted molar refractivity (Wildman–Crippen MR) is 80.8 cm³/mol. The molecule has 0 aromatic carbocycles. The molecular formula is C16H21N3O3. The largest absolute Gasteiger partial charge is 0.456 e. The van der Waals surface area contributed by atoms with Crippen LogP contribution in [0.2, 0.25) is 0 Å². The molecule has 1 fully saturated rings. The molecule has 1 amide bonds. The molecule has 1 N–H and O–H groups in total. The van der Waals surface area contributed by atoms with Gasteiger partial charge in [-0.3, -0.25) is 9.89 Å². The van der Waals surface area contributed by atoms with Gasteiger partial charge in [-0.15, -0.1) is 0 Å². The molecule has 118 valence electrons. The van der Waals surface area contributed by atoms with Crippen molar-refractivity contribution in [2.75, 3.05) is 19.8 Å². The summed E-state index contributed by atoms with van der Waals surface area (Å²) in [5, 5.41) is 7.22. The van der Waals surface area contributed by atoms with E-state index in [9.17, 15) is 4.79 Å². The van der Waals surface area contributed by atoms with Crippen LogP contribution in [0.15, 0.2) is 10.5 Å². The van der Waals surface area contributed by atoms with Gasteiger partial charge in [0, 0.05) is 23.4 Å². The third-order valence-electron chi connectivity index (χ3n) is 4.14. The molecule has 1 atom stereocenters. The number of nitrogens with one attached hydrogen (secondary N) is 1. The van der Waals surface area contributed by atoms with Gasteiger partial charge in [0.1, 0.15) is 5.76 Å². The average molecular weight is 303 g/mol. The van der Waals surface area contributed by atoms with Crippen molar-refractivity contribution in [3.63, 3.8) is 0 Å². The number of aromatic nitrogens is 2. The van der Waals surface area contributed by atoms with Gasteiger partial charge < -0.3 is 14.1 Å². The molecule has 0 radical (unpaired) electrons. The molecule has 22 heavy (non-hydrogen) atoms. The van der Waals surface area contributed by atoms with Gasteiger partial charge in [-0.25, -0.2) is 0 Å². The molecule has 0 aliphatic carbocycles. The third-order valence-corrected chi connectivity index (χ3v) is 4.14. The maximum absolute atomic E-state index is 12.9. The predicted octanol–water partition coefficient (Wildman–Crippen LogP) is 2.45. The van der Waals surface area contributed by atoms with Crippen molar-refractivity contribution in [2.24, 2.45) is 0 Å². The van der Waals surface area contributed by atoms with E-state index in [1.54, 1.807) is 0 Å². The lowest BCUT2D eigenvalue weighted by Gasteiger charge is -2.35. The highest BCUT2D eigenvalue weighted by atomic mass is 16.5. The number of aryl methyl sites for hydroxylation is 4. The van der Waals surface area contributed by atoms with E-state index in [0.717, 1.165) is 28.3 Å². The van der Waals surface area contributed by atoms with Gasteiger partial charge in [0.2, 0.25) is 0 Å². The number of H-pyrrole nitrogens is 1. The number of morpholine rings is 1. The molecule has 2 aromatic rings.